The summed E-state index contributed by atoms with van der Waals surface area (Å²) in [4.78, 5) is 19.3. The fraction of sp³-hybridized carbons (Fsp3) is 0.353. The van der Waals surface area contributed by atoms with E-state index in [9.17, 15) is 9.18 Å². The number of hydrogen-bond acceptors (Lipinski definition) is 4. The Hall–Kier alpha value is -2.54. The number of aryl methyl sites for hydroxylation is 3. The van der Waals surface area contributed by atoms with E-state index in [2.05, 4.69) is 20.4 Å². The highest BCUT2D eigenvalue weighted by Gasteiger charge is 2.06. The Morgan fingerprint density at radius 2 is 2.17 bits per heavy atom. The molecule has 0 atom stereocenters. The van der Waals surface area contributed by atoms with Crippen LogP contribution in [0.15, 0.2) is 29.1 Å². The average molecular weight is 329 g/mol. The van der Waals surface area contributed by atoms with Crippen LogP contribution in [0.3, 0.4) is 0 Å². The SMILES string of the molecule is Cc1nc(C)n(CCCNCc2cc(=O)c3cccc(F)c3[nH]2)n1. The third kappa shape index (κ3) is 3.51. The van der Waals surface area contributed by atoms with Crippen molar-refractivity contribution in [3.63, 3.8) is 0 Å². The Bertz CT molecular complexity index is 915. The van der Waals surface area contributed by atoms with Crippen molar-refractivity contribution in [2.24, 2.45) is 0 Å². The molecule has 3 rings (SSSR count). The van der Waals surface area contributed by atoms with Crippen LogP contribution in [-0.2, 0) is 13.1 Å². The fourth-order valence-corrected chi connectivity index (χ4v) is 2.73. The Morgan fingerprint density at radius 1 is 1.33 bits per heavy atom. The first-order valence-corrected chi connectivity index (χ1v) is 7.94. The van der Waals surface area contributed by atoms with Gasteiger partial charge in [-0.2, -0.15) is 5.10 Å². The summed E-state index contributed by atoms with van der Waals surface area (Å²) in [7, 11) is 0. The number of H-pyrrole nitrogens is 1. The second-order valence-corrected chi connectivity index (χ2v) is 5.78. The zero-order valence-electron chi connectivity index (χ0n) is 13.8. The molecular weight excluding hydrogens is 309 g/mol. The van der Waals surface area contributed by atoms with E-state index in [1.54, 1.807) is 12.1 Å². The van der Waals surface area contributed by atoms with Crippen LogP contribution < -0.4 is 10.7 Å². The highest BCUT2D eigenvalue weighted by atomic mass is 19.1. The molecule has 0 saturated heterocycles. The number of aromatic amines is 1. The number of rotatable bonds is 6. The van der Waals surface area contributed by atoms with Crippen LogP contribution in [0, 0.1) is 19.7 Å². The lowest BCUT2D eigenvalue weighted by molar-refractivity contribution is 0.529. The van der Waals surface area contributed by atoms with Crippen molar-refractivity contribution in [3.05, 3.63) is 57.6 Å². The second kappa shape index (κ2) is 6.92. The van der Waals surface area contributed by atoms with Crippen molar-refractivity contribution in [3.8, 4) is 0 Å². The normalized spacial score (nSPS) is 11.3. The third-order valence-corrected chi connectivity index (χ3v) is 3.87. The van der Waals surface area contributed by atoms with Gasteiger partial charge in [-0.05, 0) is 38.9 Å². The van der Waals surface area contributed by atoms with Gasteiger partial charge in [0.1, 0.15) is 17.5 Å². The van der Waals surface area contributed by atoms with Crippen molar-refractivity contribution in [1.29, 1.82) is 0 Å². The molecule has 0 saturated carbocycles. The summed E-state index contributed by atoms with van der Waals surface area (Å²) in [6.45, 7) is 5.83. The lowest BCUT2D eigenvalue weighted by Crippen LogP contribution is -2.19. The Labute approximate surface area is 138 Å². The van der Waals surface area contributed by atoms with Gasteiger partial charge in [0.2, 0.25) is 0 Å². The van der Waals surface area contributed by atoms with Crippen LogP contribution in [-0.4, -0.2) is 26.3 Å². The van der Waals surface area contributed by atoms with E-state index in [1.807, 2.05) is 18.5 Å². The standard InChI is InChI=1S/C17H20FN5O/c1-11-20-12(2)23(22-11)8-4-7-19-10-13-9-16(24)14-5-3-6-15(18)17(14)21-13/h3,5-6,9,19H,4,7-8,10H2,1-2H3,(H,21,24). The largest absolute Gasteiger partial charge is 0.355 e. The molecule has 0 aliphatic heterocycles. The molecule has 7 heteroatoms. The Kier molecular flexibility index (Phi) is 4.71. The summed E-state index contributed by atoms with van der Waals surface area (Å²) in [6, 6.07) is 6.02. The van der Waals surface area contributed by atoms with Crippen molar-refractivity contribution in [2.45, 2.75) is 33.4 Å². The molecule has 2 heterocycles. The van der Waals surface area contributed by atoms with Gasteiger partial charge in [-0.3, -0.25) is 9.48 Å². The number of hydrogen-bond donors (Lipinski definition) is 2. The zero-order chi connectivity index (χ0) is 17.1. The summed E-state index contributed by atoms with van der Waals surface area (Å²) in [5, 5.41) is 7.94. The quantitative estimate of drug-likeness (QED) is 0.679. The molecule has 3 aromatic rings. The van der Waals surface area contributed by atoms with E-state index in [0.29, 0.717) is 17.6 Å². The van der Waals surface area contributed by atoms with Crippen molar-refractivity contribution in [1.82, 2.24) is 25.1 Å². The molecule has 2 N–H and O–H groups in total. The predicted molar refractivity (Wildman–Crippen MR) is 90.3 cm³/mol. The molecule has 0 aliphatic carbocycles. The number of nitrogens with one attached hydrogen (secondary N) is 2. The fourth-order valence-electron chi connectivity index (χ4n) is 2.73. The van der Waals surface area contributed by atoms with Crippen LogP contribution in [0.5, 0.6) is 0 Å². The molecule has 24 heavy (non-hydrogen) atoms. The maximum Gasteiger partial charge on any atom is 0.189 e. The van der Waals surface area contributed by atoms with Crippen molar-refractivity contribution >= 4 is 10.9 Å². The van der Waals surface area contributed by atoms with Gasteiger partial charge in [0.25, 0.3) is 0 Å². The minimum atomic E-state index is -0.413. The minimum absolute atomic E-state index is 0.172. The van der Waals surface area contributed by atoms with E-state index in [4.69, 9.17) is 0 Å². The number of fused-ring (bicyclic) bond motifs is 1. The molecule has 2 aromatic heterocycles. The maximum absolute atomic E-state index is 13.8. The molecule has 126 valence electrons. The van der Waals surface area contributed by atoms with E-state index in [-0.39, 0.29) is 10.9 Å². The maximum atomic E-state index is 13.8. The molecule has 6 nitrogen and oxygen atoms in total. The minimum Gasteiger partial charge on any atom is -0.355 e. The van der Waals surface area contributed by atoms with E-state index < -0.39 is 5.82 Å². The summed E-state index contributed by atoms with van der Waals surface area (Å²) in [5.41, 5.74) is 0.759. The number of benzene rings is 1. The van der Waals surface area contributed by atoms with Gasteiger partial charge in [-0.1, -0.05) is 6.07 Å². The summed E-state index contributed by atoms with van der Waals surface area (Å²) in [6.07, 6.45) is 0.885. The lowest BCUT2D eigenvalue weighted by atomic mass is 10.2. The monoisotopic (exact) mass is 329 g/mol. The van der Waals surface area contributed by atoms with Crippen LogP contribution in [0.4, 0.5) is 4.39 Å². The van der Waals surface area contributed by atoms with E-state index >= 15 is 0 Å². The highest BCUT2D eigenvalue weighted by molar-refractivity contribution is 5.78. The van der Waals surface area contributed by atoms with Crippen LogP contribution in [0.2, 0.25) is 0 Å². The molecule has 0 bridgehead atoms. The van der Waals surface area contributed by atoms with Crippen LogP contribution >= 0.6 is 0 Å². The van der Waals surface area contributed by atoms with Crippen molar-refractivity contribution in [2.75, 3.05) is 6.54 Å². The van der Waals surface area contributed by atoms with Crippen LogP contribution in [0.25, 0.3) is 10.9 Å². The number of halogens is 1. The topological polar surface area (TPSA) is 75.6 Å². The first-order chi connectivity index (χ1) is 11.5. The number of para-hydroxylation sites is 1. The van der Waals surface area contributed by atoms with Gasteiger partial charge >= 0.3 is 0 Å². The first kappa shape index (κ1) is 16.3. The number of nitrogens with zero attached hydrogens (tertiary/aromatic N) is 3. The molecule has 0 spiro atoms. The number of pyridine rings is 1. The van der Waals surface area contributed by atoms with Gasteiger partial charge in [0.05, 0.1) is 5.52 Å². The van der Waals surface area contributed by atoms with Gasteiger partial charge in [0.15, 0.2) is 5.43 Å². The second-order valence-electron chi connectivity index (χ2n) is 5.78. The third-order valence-electron chi connectivity index (χ3n) is 3.87. The summed E-state index contributed by atoms with van der Waals surface area (Å²) in [5.74, 6) is 1.27. The van der Waals surface area contributed by atoms with Gasteiger partial charge in [-0.15, -0.1) is 0 Å². The van der Waals surface area contributed by atoms with Crippen LogP contribution in [0.1, 0.15) is 23.8 Å². The lowest BCUT2D eigenvalue weighted by Gasteiger charge is -2.07. The summed E-state index contributed by atoms with van der Waals surface area (Å²) < 4.78 is 15.7. The molecule has 0 radical (unpaired) electrons. The van der Waals surface area contributed by atoms with E-state index in [0.717, 1.165) is 31.2 Å². The summed E-state index contributed by atoms with van der Waals surface area (Å²) >= 11 is 0. The smallest absolute Gasteiger partial charge is 0.189 e. The Balaban J connectivity index is 1.57. The molecular formula is C17H20FN5O. The highest BCUT2D eigenvalue weighted by Crippen LogP contribution is 2.12. The number of aromatic nitrogens is 4. The molecule has 0 amide bonds. The van der Waals surface area contributed by atoms with Crippen molar-refractivity contribution < 1.29 is 4.39 Å². The molecule has 0 unspecified atom stereocenters. The average Bonchev–Trinajstić information content (AvgIpc) is 2.86. The molecule has 0 aliphatic rings. The van der Waals surface area contributed by atoms with E-state index in [1.165, 1.54) is 12.1 Å². The molecule has 1 aromatic carbocycles. The Morgan fingerprint density at radius 3 is 2.92 bits per heavy atom. The predicted octanol–water partition coefficient (Wildman–Crippen LogP) is 2.06. The van der Waals surface area contributed by atoms with Gasteiger partial charge in [-0.25, -0.2) is 9.37 Å². The molecule has 0 fully saturated rings. The van der Waals surface area contributed by atoms with Gasteiger partial charge < -0.3 is 10.3 Å². The first-order valence-electron chi connectivity index (χ1n) is 7.94. The zero-order valence-corrected chi connectivity index (χ0v) is 13.8. The van der Waals surface area contributed by atoms with Gasteiger partial charge in [0, 0.05) is 30.2 Å².